The molecule has 10 nitrogen and oxygen atoms in total. The number of benzene rings is 3. The molecule has 0 saturated heterocycles. The smallest absolute Gasteiger partial charge is 0.289 e. The summed E-state index contributed by atoms with van der Waals surface area (Å²) in [6, 6.07) is 17.9. The highest BCUT2D eigenvalue weighted by atomic mass is 35.5. The Morgan fingerprint density at radius 2 is 1.51 bits per heavy atom. The molecule has 3 atom stereocenters. The Labute approximate surface area is 283 Å². The highest BCUT2D eigenvalue weighted by molar-refractivity contribution is 6.43. The Morgan fingerprint density at radius 1 is 0.809 bits per heavy atom. The van der Waals surface area contributed by atoms with Crippen molar-refractivity contribution in [2.24, 2.45) is 0 Å². The second-order valence-electron chi connectivity index (χ2n) is 11.2. The van der Waals surface area contributed by atoms with Crippen LogP contribution in [-0.4, -0.2) is 52.5 Å². The van der Waals surface area contributed by atoms with Gasteiger partial charge < -0.3 is 26.3 Å². The van der Waals surface area contributed by atoms with E-state index in [0.29, 0.717) is 6.42 Å². The van der Waals surface area contributed by atoms with Crippen molar-refractivity contribution in [3.8, 4) is 0 Å². The SMILES string of the molecule is CCCC[C@H](NC(=O)[C@H](Cc1c[nH]c2ccccc12)NC(=O)[C@H](C)NC(=O)c1cccc(Cl)c1Cl)C(=O)C(=O)NCc1ccccc1. The number of para-hydroxylation sites is 1. The minimum absolute atomic E-state index is 0.0476. The lowest BCUT2D eigenvalue weighted by molar-refractivity contribution is -0.140. The van der Waals surface area contributed by atoms with Crippen LogP contribution in [0.2, 0.25) is 10.0 Å². The number of ketones is 1. The van der Waals surface area contributed by atoms with Gasteiger partial charge in [0.25, 0.3) is 11.8 Å². The number of unbranched alkanes of at least 4 members (excludes halogenated alkanes) is 1. The molecule has 12 heteroatoms. The number of halogens is 2. The fraction of sp³-hybridized carbons (Fsp3) is 0.286. The summed E-state index contributed by atoms with van der Waals surface area (Å²) in [5.41, 5.74) is 2.51. The highest BCUT2D eigenvalue weighted by Crippen LogP contribution is 2.25. The summed E-state index contributed by atoms with van der Waals surface area (Å²) in [7, 11) is 0. The summed E-state index contributed by atoms with van der Waals surface area (Å²) in [5, 5.41) is 11.8. The van der Waals surface area contributed by atoms with Crippen LogP contribution in [0.1, 0.15) is 54.6 Å². The van der Waals surface area contributed by atoms with E-state index in [4.69, 9.17) is 23.2 Å². The van der Waals surface area contributed by atoms with E-state index in [2.05, 4.69) is 26.3 Å². The number of rotatable bonds is 15. The average molecular weight is 679 g/mol. The van der Waals surface area contributed by atoms with Gasteiger partial charge in [0.1, 0.15) is 12.1 Å². The van der Waals surface area contributed by atoms with Gasteiger partial charge in [-0.2, -0.15) is 0 Å². The third-order valence-electron chi connectivity index (χ3n) is 7.67. The van der Waals surface area contributed by atoms with Crippen molar-refractivity contribution in [2.75, 3.05) is 0 Å². The van der Waals surface area contributed by atoms with Crippen molar-refractivity contribution in [1.29, 1.82) is 0 Å². The molecule has 4 aromatic rings. The molecule has 4 rings (SSSR count). The van der Waals surface area contributed by atoms with Crippen molar-refractivity contribution >= 4 is 63.5 Å². The Kier molecular flexibility index (Phi) is 12.5. The maximum atomic E-state index is 13.8. The molecule has 0 spiro atoms. The number of H-pyrrole nitrogens is 1. The van der Waals surface area contributed by atoms with E-state index in [-0.39, 0.29) is 35.0 Å². The number of aromatic nitrogens is 1. The second kappa shape index (κ2) is 16.8. The molecule has 0 aliphatic heterocycles. The zero-order chi connectivity index (χ0) is 33.9. The Balaban J connectivity index is 1.51. The van der Waals surface area contributed by atoms with E-state index in [0.717, 1.165) is 28.5 Å². The number of fused-ring (bicyclic) bond motifs is 1. The van der Waals surface area contributed by atoms with Gasteiger partial charge in [-0.1, -0.05) is 97.6 Å². The van der Waals surface area contributed by atoms with Gasteiger partial charge in [0, 0.05) is 30.1 Å². The normalized spacial score (nSPS) is 12.9. The van der Waals surface area contributed by atoms with Gasteiger partial charge in [-0.25, -0.2) is 0 Å². The summed E-state index contributed by atoms with van der Waals surface area (Å²) >= 11 is 12.2. The van der Waals surface area contributed by atoms with Crippen LogP contribution in [0.15, 0.2) is 79.0 Å². The van der Waals surface area contributed by atoms with E-state index in [1.165, 1.54) is 19.1 Å². The van der Waals surface area contributed by atoms with Crippen LogP contribution in [0.25, 0.3) is 10.9 Å². The second-order valence-corrected chi connectivity index (χ2v) is 11.9. The third kappa shape index (κ3) is 9.43. The van der Waals surface area contributed by atoms with Crippen LogP contribution < -0.4 is 21.3 Å². The van der Waals surface area contributed by atoms with Crippen LogP contribution in [0.5, 0.6) is 0 Å². The zero-order valence-corrected chi connectivity index (χ0v) is 27.6. The third-order valence-corrected chi connectivity index (χ3v) is 8.49. The molecule has 4 amide bonds. The number of Topliss-reactive ketones (excluding diaryl/α,β-unsaturated/α-hetero) is 1. The number of amides is 4. The van der Waals surface area contributed by atoms with Gasteiger partial charge in [0.15, 0.2) is 0 Å². The van der Waals surface area contributed by atoms with Crippen molar-refractivity contribution in [2.45, 2.75) is 64.2 Å². The fourth-order valence-corrected chi connectivity index (χ4v) is 5.40. The highest BCUT2D eigenvalue weighted by Gasteiger charge is 2.31. The number of carbonyl (C=O) groups excluding carboxylic acids is 5. The molecule has 0 saturated carbocycles. The summed E-state index contributed by atoms with van der Waals surface area (Å²) in [5.74, 6) is -3.51. The first-order chi connectivity index (χ1) is 22.6. The van der Waals surface area contributed by atoms with E-state index < -0.39 is 47.5 Å². The Morgan fingerprint density at radius 3 is 2.26 bits per heavy atom. The maximum absolute atomic E-state index is 13.8. The molecule has 0 unspecified atom stereocenters. The first-order valence-electron chi connectivity index (χ1n) is 15.4. The lowest BCUT2D eigenvalue weighted by Crippen LogP contribution is -2.56. The van der Waals surface area contributed by atoms with Gasteiger partial charge in [-0.15, -0.1) is 0 Å². The van der Waals surface area contributed by atoms with Crippen molar-refractivity contribution < 1.29 is 24.0 Å². The standard InChI is InChI=1S/C35H37Cl2N5O5/c1-3-4-16-28(31(43)35(47)39-19-22-11-6-5-7-12-22)41-34(46)29(18-23-20-38-27-17-9-8-13-24(23)27)42-32(44)21(2)40-33(45)25-14-10-15-26(36)30(25)37/h5-15,17,20-21,28-29,38H,3-4,16,18-19H2,1-2H3,(H,39,47)(H,40,45)(H,41,46)(H,42,44)/t21-,28-,29-/m0/s1. The molecule has 1 heterocycles. The predicted octanol–water partition coefficient (Wildman–Crippen LogP) is 4.88. The monoisotopic (exact) mass is 677 g/mol. The molecule has 0 aliphatic rings. The summed E-state index contributed by atoms with van der Waals surface area (Å²) in [6.07, 6.45) is 3.36. The fourth-order valence-electron chi connectivity index (χ4n) is 5.02. The number of nitrogens with one attached hydrogen (secondary N) is 5. The minimum Gasteiger partial charge on any atom is -0.361 e. The molecule has 0 aliphatic carbocycles. The van der Waals surface area contributed by atoms with Crippen molar-refractivity contribution in [3.05, 3.63) is 106 Å². The van der Waals surface area contributed by atoms with Crippen LogP contribution in [0, 0.1) is 0 Å². The molecule has 3 aromatic carbocycles. The minimum atomic E-state index is -1.15. The van der Waals surface area contributed by atoms with E-state index in [1.807, 2.05) is 61.5 Å². The van der Waals surface area contributed by atoms with Crippen molar-refractivity contribution in [3.63, 3.8) is 0 Å². The molecule has 5 N–H and O–H groups in total. The van der Waals surface area contributed by atoms with Crippen LogP contribution in [0.3, 0.4) is 0 Å². The number of hydrogen-bond donors (Lipinski definition) is 5. The van der Waals surface area contributed by atoms with Gasteiger partial charge in [0.2, 0.25) is 17.6 Å². The Hall–Kier alpha value is -4.67. The van der Waals surface area contributed by atoms with Crippen molar-refractivity contribution in [1.82, 2.24) is 26.3 Å². The maximum Gasteiger partial charge on any atom is 0.289 e. The lowest BCUT2D eigenvalue weighted by Gasteiger charge is -2.24. The van der Waals surface area contributed by atoms with E-state index >= 15 is 0 Å². The summed E-state index contributed by atoms with van der Waals surface area (Å²) in [6.45, 7) is 3.56. The van der Waals surface area contributed by atoms with Gasteiger partial charge in [-0.05, 0) is 42.7 Å². The molecule has 0 radical (unpaired) electrons. The van der Waals surface area contributed by atoms with Gasteiger partial charge in [-0.3, -0.25) is 24.0 Å². The lowest BCUT2D eigenvalue weighted by atomic mass is 10.0. The molecule has 47 heavy (non-hydrogen) atoms. The topological polar surface area (TPSA) is 149 Å². The Bertz CT molecular complexity index is 1740. The van der Waals surface area contributed by atoms with Crippen LogP contribution >= 0.6 is 23.2 Å². The van der Waals surface area contributed by atoms with Crippen LogP contribution in [-0.2, 0) is 32.1 Å². The van der Waals surface area contributed by atoms with Gasteiger partial charge >= 0.3 is 0 Å². The van der Waals surface area contributed by atoms with Gasteiger partial charge in [0.05, 0.1) is 21.7 Å². The molecular weight excluding hydrogens is 641 g/mol. The quantitative estimate of drug-likeness (QED) is 0.114. The molecule has 0 fully saturated rings. The average Bonchev–Trinajstić information content (AvgIpc) is 3.48. The molecule has 246 valence electrons. The summed E-state index contributed by atoms with van der Waals surface area (Å²) < 4.78 is 0. The molecular formula is C35H37Cl2N5O5. The molecule has 0 bridgehead atoms. The first-order valence-corrected chi connectivity index (χ1v) is 16.1. The largest absolute Gasteiger partial charge is 0.361 e. The first kappa shape index (κ1) is 35.2. The molecule has 1 aromatic heterocycles. The summed E-state index contributed by atoms with van der Waals surface area (Å²) in [4.78, 5) is 69.4. The van der Waals surface area contributed by atoms with Crippen LogP contribution in [0.4, 0.5) is 0 Å². The zero-order valence-electron chi connectivity index (χ0n) is 26.1. The predicted molar refractivity (Wildman–Crippen MR) is 182 cm³/mol. The number of hydrogen-bond acceptors (Lipinski definition) is 5. The van der Waals surface area contributed by atoms with E-state index in [1.54, 1.807) is 12.3 Å². The van der Waals surface area contributed by atoms with E-state index in [9.17, 15) is 24.0 Å². The number of carbonyl (C=O) groups is 5. The number of aromatic amines is 1.